The van der Waals surface area contributed by atoms with Gasteiger partial charge in [-0.1, -0.05) is 59.7 Å². The van der Waals surface area contributed by atoms with Crippen LogP contribution in [0.15, 0.2) is 65.6 Å². The lowest BCUT2D eigenvalue weighted by Gasteiger charge is -2.29. The molecule has 0 radical (unpaired) electrons. The molecule has 1 aliphatic heterocycles. The van der Waals surface area contributed by atoms with Crippen LogP contribution in [0.25, 0.3) is 0 Å². The second-order valence-corrected chi connectivity index (χ2v) is 8.76. The van der Waals surface area contributed by atoms with Crippen molar-refractivity contribution in [2.45, 2.75) is 24.8 Å². The summed E-state index contributed by atoms with van der Waals surface area (Å²) in [7, 11) is -3.50. The predicted octanol–water partition coefficient (Wildman–Crippen LogP) is 3.85. The van der Waals surface area contributed by atoms with Gasteiger partial charge in [0.25, 0.3) is 0 Å². The highest BCUT2D eigenvalue weighted by atomic mass is 32.2. The molecule has 2 aromatic carbocycles. The van der Waals surface area contributed by atoms with Gasteiger partial charge in [-0.05, 0) is 37.5 Å². The summed E-state index contributed by atoms with van der Waals surface area (Å²) in [6.07, 6.45) is 4.29. The highest BCUT2D eigenvalue weighted by Gasteiger charge is 2.48. The molecular weight excluding hydrogens is 318 g/mol. The van der Waals surface area contributed by atoms with Crippen molar-refractivity contribution in [3.05, 3.63) is 77.4 Å². The SMILES string of the molecule is Cc1ccc([C@@H]2[C@H]3C=C[C@H]3CN2S(=O)(=O)c2ccc(C)cc2)cc1. The van der Waals surface area contributed by atoms with Gasteiger partial charge in [-0.15, -0.1) is 0 Å². The Balaban J connectivity index is 1.75. The van der Waals surface area contributed by atoms with E-state index in [1.807, 2.05) is 26.0 Å². The molecular formula is C20H21NO2S. The quantitative estimate of drug-likeness (QED) is 0.797. The van der Waals surface area contributed by atoms with Gasteiger partial charge in [0.2, 0.25) is 10.0 Å². The normalized spacial score (nSPS) is 26.2. The summed E-state index contributed by atoms with van der Waals surface area (Å²) in [6.45, 7) is 4.58. The van der Waals surface area contributed by atoms with E-state index in [9.17, 15) is 8.42 Å². The zero-order chi connectivity index (χ0) is 16.9. The molecule has 4 heteroatoms. The van der Waals surface area contributed by atoms with Crippen molar-refractivity contribution in [2.75, 3.05) is 6.54 Å². The molecule has 0 N–H and O–H groups in total. The van der Waals surface area contributed by atoms with E-state index in [1.54, 1.807) is 16.4 Å². The van der Waals surface area contributed by atoms with Gasteiger partial charge in [0, 0.05) is 12.5 Å². The first-order valence-corrected chi connectivity index (χ1v) is 9.74. The molecule has 0 bridgehead atoms. The van der Waals surface area contributed by atoms with E-state index in [4.69, 9.17) is 0 Å². The summed E-state index contributed by atoms with van der Waals surface area (Å²) in [6, 6.07) is 15.3. The van der Waals surface area contributed by atoms with E-state index in [2.05, 4.69) is 36.4 Å². The summed E-state index contributed by atoms with van der Waals surface area (Å²) in [5, 5.41) is 0. The molecule has 0 saturated carbocycles. The standard InChI is InChI=1S/C20H21NO2S/c1-14-3-7-16(8-4-14)20-19-12-9-17(19)13-21(20)24(22,23)18-10-5-15(2)6-11-18/h3-12,17,19-20H,13H2,1-2H3/t17-,19-,20+/m0/s1. The number of hydrogen-bond acceptors (Lipinski definition) is 2. The van der Waals surface area contributed by atoms with Crippen LogP contribution in [0.5, 0.6) is 0 Å². The van der Waals surface area contributed by atoms with Gasteiger partial charge in [0.1, 0.15) is 0 Å². The summed E-state index contributed by atoms with van der Waals surface area (Å²) < 4.78 is 28.1. The van der Waals surface area contributed by atoms with Crippen LogP contribution < -0.4 is 0 Å². The average Bonchev–Trinajstić information content (AvgIpc) is 2.80. The molecule has 1 aliphatic carbocycles. The Labute approximate surface area is 143 Å². The van der Waals surface area contributed by atoms with Crippen molar-refractivity contribution >= 4 is 10.0 Å². The Hall–Kier alpha value is -1.91. The van der Waals surface area contributed by atoms with Crippen LogP contribution in [-0.2, 0) is 10.0 Å². The summed E-state index contributed by atoms with van der Waals surface area (Å²) in [5.41, 5.74) is 3.32. The third-order valence-electron chi connectivity index (χ3n) is 5.19. The van der Waals surface area contributed by atoms with Crippen molar-refractivity contribution in [3.8, 4) is 0 Å². The Bertz CT molecular complexity index is 882. The Morgan fingerprint density at radius 2 is 1.46 bits per heavy atom. The first-order valence-electron chi connectivity index (χ1n) is 8.30. The molecule has 124 valence electrons. The summed E-state index contributed by atoms with van der Waals surface area (Å²) >= 11 is 0. The van der Waals surface area contributed by atoms with E-state index in [0.29, 0.717) is 17.4 Å². The van der Waals surface area contributed by atoms with Crippen LogP contribution in [0.2, 0.25) is 0 Å². The minimum Gasteiger partial charge on any atom is -0.207 e. The molecule has 1 fully saturated rings. The zero-order valence-electron chi connectivity index (χ0n) is 13.9. The highest BCUT2D eigenvalue weighted by Crippen LogP contribution is 2.49. The second kappa shape index (κ2) is 5.57. The third kappa shape index (κ3) is 2.41. The van der Waals surface area contributed by atoms with Crippen molar-refractivity contribution in [3.63, 3.8) is 0 Å². The lowest BCUT2D eigenvalue weighted by atomic mass is 9.79. The molecule has 2 aliphatic rings. The molecule has 0 aromatic heterocycles. The number of rotatable bonds is 3. The zero-order valence-corrected chi connectivity index (χ0v) is 14.7. The largest absolute Gasteiger partial charge is 0.243 e. The number of sulfonamides is 1. The van der Waals surface area contributed by atoms with Crippen LogP contribution in [0, 0.1) is 25.7 Å². The van der Waals surface area contributed by atoms with E-state index < -0.39 is 10.0 Å². The molecule has 0 amide bonds. The van der Waals surface area contributed by atoms with Gasteiger partial charge in [-0.25, -0.2) is 8.42 Å². The number of benzene rings is 2. The van der Waals surface area contributed by atoms with Crippen LogP contribution in [0.3, 0.4) is 0 Å². The number of hydrogen-bond donors (Lipinski definition) is 0. The van der Waals surface area contributed by atoms with Crippen molar-refractivity contribution < 1.29 is 8.42 Å². The van der Waals surface area contributed by atoms with Gasteiger partial charge in [-0.2, -0.15) is 4.31 Å². The van der Waals surface area contributed by atoms with Gasteiger partial charge in [-0.3, -0.25) is 0 Å². The fourth-order valence-corrected chi connectivity index (χ4v) is 5.36. The maximum absolute atomic E-state index is 13.2. The smallest absolute Gasteiger partial charge is 0.207 e. The first-order chi connectivity index (χ1) is 11.5. The van der Waals surface area contributed by atoms with Gasteiger partial charge >= 0.3 is 0 Å². The maximum atomic E-state index is 13.2. The summed E-state index contributed by atoms with van der Waals surface area (Å²) in [4.78, 5) is 0.381. The maximum Gasteiger partial charge on any atom is 0.243 e. The topological polar surface area (TPSA) is 37.4 Å². The van der Waals surface area contributed by atoms with Crippen LogP contribution in [0.1, 0.15) is 22.7 Å². The van der Waals surface area contributed by atoms with Gasteiger partial charge in [0.15, 0.2) is 0 Å². The second-order valence-electron chi connectivity index (χ2n) is 6.87. The minimum absolute atomic E-state index is 0.105. The van der Waals surface area contributed by atoms with Crippen molar-refractivity contribution in [2.24, 2.45) is 11.8 Å². The molecule has 2 aromatic rings. The molecule has 1 heterocycles. The van der Waals surface area contributed by atoms with E-state index >= 15 is 0 Å². The predicted molar refractivity (Wildman–Crippen MR) is 95.1 cm³/mol. The molecule has 24 heavy (non-hydrogen) atoms. The molecule has 4 rings (SSSR count). The van der Waals surface area contributed by atoms with E-state index in [1.165, 1.54) is 5.56 Å². The number of fused-ring (bicyclic) bond motifs is 1. The minimum atomic E-state index is -3.50. The summed E-state index contributed by atoms with van der Waals surface area (Å²) in [5.74, 6) is 0.615. The fraction of sp³-hybridized carbons (Fsp3) is 0.300. The van der Waals surface area contributed by atoms with Gasteiger partial charge in [0.05, 0.1) is 10.9 Å². The Morgan fingerprint density at radius 1 is 0.875 bits per heavy atom. The lowest BCUT2D eigenvalue weighted by Crippen LogP contribution is -2.32. The van der Waals surface area contributed by atoms with E-state index in [-0.39, 0.29) is 12.0 Å². The third-order valence-corrected chi connectivity index (χ3v) is 7.05. The Kier molecular flexibility index (Phi) is 3.62. The van der Waals surface area contributed by atoms with Crippen LogP contribution in [0.4, 0.5) is 0 Å². The molecule has 0 spiro atoms. The molecule has 0 unspecified atom stereocenters. The average molecular weight is 339 g/mol. The monoisotopic (exact) mass is 339 g/mol. The van der Waals surface area contributed by atoms with Crippen molar-refractivity contribution in [1.29, 1.82) is 0 Å². The van der Waals surface area contributed by atoms with Crippen LogP contribution >= 0.6 is 0 Å². The van der Waals surface area contributed by atoms with Crippen molar-refractivity contribution in [1.82, 2.24) is 4.31 Å². The Morgan fingerprint density at radius 3 is 2.00 bits per heavy atom. The lowest BCUT2D eigenvalue weighted by molar-refractivity contribution is 0.366. The number of aryl methyl sites for hydroxylation is 2. The molecule has 1 saturated heterocycles. The van der Waals surface area contributed by atoms with Gasteiger partial charge < -0.3 is 0 Å². The van der Waals surface area contributed by atoms with E-state index in [0.717, 1.165) is 11.1 Å². The molecule has 3 atom stereocenters. The molecule has 3 nitrogen and oxygen atoms in total. The highest BCUT2D eigenvalue weighted by molar-refractivity contribution is 7.89. The number of nitrogens with zero attached hydrogens (tertiary/aromatic N) is 1. The first kappa shape index (κ1) is 15.6. The fourth-order valence-electron chi connectivity index (χ4n) is 3.68. The van der Waals surface area contributed by atoms with Crippen LogP contribution in [-0.4, -0.2) is 19.3 Å².